The highest BCUT2D eigenvalue weighted by Crippen LogP contribution is 2.24. The van der Waals surface area contributed by atoms with Gasteiger partial charge < -0.3 is 10.6 Å². The van der Waals surface area contributed by atoms with E-state index in [2.05, 4.69) is 43.7 Å². The number of benzene rings is 1. The van der Waals surface area contributed by atoms with Crippen LogP contribution in [0.3, 0.4) is 0 Å². The molecule has 0 spiro atoms. The quantitative estimate of drug-likeness (QED) is 0.763. The standard InChI is InChI=1S/C16H18BrN3S/c17-12-9-11-5-4-8-14(15(11)18-10-12)20-16(21)19-13-6-2-1-3-7-13/h4-5,8-10,13H,1-3,6-7H2,(H2,19,20,21). The number of thiocarbonyl (C=S) groups is 1. The van der Waals surface area contributed by atoms with Crippen LogP contribution in [-0.4, -0.2) is 16.1 Å². The summed E-state index contributed by atoms with van der Waals surface area (Å²) < 4.78 is 0.982. The minimum absolute atomic E-state index is 0.510. The maximum Gasteiger partial charge on any atom is 0.171 e. The molecule has 2 aromatic rings. The van der Waals surface area contributed by atoms with Crippen LogP contribution in [0.1, 0.15) is 32.1 Å². The normalized spacial score (nSPS) is 15.9. The second-order valence-electron chi connectivity index (χ2n) is 5.46. The summed E-state index contributed by atoms with van der Waals surface area (Å²) in [6, 6.07) is 8.65. The number of para-hydroxylation sites is 1. The molecule has 1 aromatic heterocycles. The smallest absolute Gasteiger partial charge is 0.171 e. The lowest BCUT2D eigenvalue weighted by molar-refractivity contribution is 0.415. The number of rotatable bonds is 2. The first-order valence-electron chi connectivity index (χ1n) is 7.34. The van der Waals surface area contributed by atoms with Gasteiger partial charge in [-0.25, -0.2) is 0 Å². The van der Waals surface area contributed by atoms with Crippen LogP contribution in [0, 0.1) is 0 Å². The van der Waals surface area contributed by atoms with E-state index in [9.17, 15) is 0 Å². The van der Waals surface area contributed by atoms with Crippen molar-refractivity contribution in [3.05, 3.63) is 34.9 Å². The zero-order valence-corrected chi connectivity index (χ0v) is 14.1. The number of hydrogen-bond donors (Lipinski definition) is 2. The zero-order valence-electron chi connectivity index (χ0n) is 11.7. The van der Waals surface area contributed by atoms with Gasteiger partial charge in [-0.2, -0.15) is 0 Å². The molecule has 21 heavy (non-hydrogen) atoms. The van der Waals surface area contributed by atoms with Crippen molar-refractivity contribution in [1.82, 2.24) is 10.3 Å². The summed E-state index contributed by atoms with van der Waals surface area (Å²) in [6.45, 7) is 0. The van der Waals surface area contributed by atoms with Crippen LogP contribution in [0.15, 0.2) is 34.9 Å². The van der Waals surface area contributed by atoms with Gasteiger partial charge in [-0.1, -0.05) is 31.4 Å². The third-order valence-corrected chi connectivity index (χ3v) is 4.52. The molecule has 0 aliphatic heterocycles. The van der Waals surface area contributed by atoms with E-state index in [4.69, 9.17) is 12.2 Å². The number of nitrogens with zero attached hydrogens (tertiary/aromatic N) is 1. The van der Waals surface area contributed by atoms with Gasteiger partial charge in [0.2, 0.25) is 0 Å². The van der Waals surface area contributed by atoms with Gasteiger partial charge in [0.25, 0.3) is 0 Å². The maximum absolute atomic E-state index is 5.45. The average Bonchev–Trinajstić information content (AvgIpc) is 2.48. The lowest BCUT2D eigenvalue weighted by Gasteiger charge is -2.24. The van der Waals surface area contributed by atoms with Crippen molar-refractivity contribution >= 4 is 49.9 Å². The van der Waals surface area contributed by atoms with Gasteiger partial charge in [-0.15, -0.1) is 0 Å². The number of fused-ring (bicyclic) bond motifs is 1. The van der Waals surface area contributed by atoms with Crippen molar-refractivity contribution in [1.29, 1.82) is 0 Å². The Morgan fingerprint density at radius 2 is 2.05 bits per heavy atom. The summed E-state index contributed by atoms with van der Waals surface area (Å²) >= 11 is 8.90. The number of aromatic nitrogens is 1. The van der Waals surface area contributed by atoms with Crippen molar-refractivity contribution in [3.8, 4) is 0 Å². The van der Waals surface area contributed by atoms with Gasteiger partial charge in [0.15, 0.2) is 5.11 Å². The molecule has 0 saturated heterocycles. The lowest BCUT2D eigenvalue weighted by atomic mass is 9.96. The monoisotopic (exact) mass is 363 g/mol. The van der Waals surface area contributed by atoms with Gasteiger partial charge in [0.05, 0.1) is 11.2 Å². The second kappa shape index (κ2) is 6.71. The molecule has 0 radical (unpaired) electrons. The van der Waals surface area contributed by atoms with Crippen LogP contribution in [0.25, 0.3) is 10.9 Å². The Balaban J connectivity index is 1.73. The van der Waals surface area contributed by atoms with E-state index in [-0.39, 0.29) is 0 Å². The molecule has 1 heterocycles. The van der Waals surface area contributed by atoms with Crippen molar-refractivity contribution in [3.63, 3.8) is 0 Å². The Morgan fingerprint density at radius 1 is 1.24 bits per heavy atom. The summed E-state index contributed by atoms with van der Waals surface area (Å²) in [5.41, 5.74) is 1.89. The lowest BCUT2D eigenvalue weighted by Crippen LogP contribution is -2.38. The van der Waals surface area contributed by atoms with E-state index in [0.29, 0.717) is 11.2 Å². The molecule has 0 amide bonds. The Morgan fingerprint density at radius 3 is 2.86 bits per heavy atom. The first kappa shape index (κ1) is 14.7. The summed E-state index contributed by atoms with van der Waals surface area (Å²) in [7, 11) is 0. The molecule has 1 aliphatic rings. The van der Waals surface area contributed by atoms with Gasteiger partial charge in [-0.05, 0) is 53.1 Å². The van der Waals surface area contributed by atoms with Gasteiger partial charge >= 0.3 is 0 Å². The summed E-state index contributed by atoms with van der Waals surface area (Å²) in [6.07, 6.45) is 8.17. The van der Waals surface area contributed by atoms with Crippen molar-refractivity contribution < 1.29 is 0 Å². The molecule has 1 saturated carbocycles. The zero-order chi connectivity index (χ0) is 14.7. The van der Waals surface area contributed by atoms with E-state index in [1.165, 1.54) is 32.1 Å². The van der Waals surface area contributed by atoms with E-state index >= 15 is 0 Å². The molecule has 3 nitrogen and oxygen atoms in total. The molecule has 0 bridgehead atoms. The van der Waals surface area contributed by atoms with Crippen molar-refractivity contribution in [2.24, 2.45) is 0 Å². The minimum atomic E-state index is 0.510. The predicted octanol–water partition coefficient (Wildman–Crippen LogP) is 4.62. The van der Waals surface area contributed by atoms with E-state index in [0.717, 1.165) is 21.1 Å². The highest BCUT2D eigenvalue weighted by atomic mass is 79.9. The molecule has 0 unspecified atom stereocenters. The van der Waals surface area contributed by atoms with Crippen LogP contribution in [0.4, 0.5) is 5.69 Å². The highest BCUT2D eigenvalue weighted by molar-refractivity contribution is 9.10. The summed E-state index contributed by atoms with van der Waals surface area (Å²) in [4.78, 5) is 4.48. The van der Waals surface area contributed by atoms with Crippen LogP contribution in [-0.2, 0) is 0 Å². The van der Waals surface area contributed by atoms with E-state index in [1.807, 2.05) is 18.3 Å². The predicted molar refractivity (Wildman–Crippen MR) is 95.7 cm³/mol. The van der Waals surface area contributed by atoms with Crippen LogP contribution < -0.4 is 10.6 Å². The molecule has 2 N–H and O–H groups in total. The maximum atomic E-state index is 5.45. The topological polar surface area (TPSA) is 37.0 Å². The van der Waals surface area contributed by atoms with Crippen LogP contribution in [0.5, 0.6) is 0 Å². The molecule has 0 atom stereocenters. The molecular weight excluding hydrogens is 346 g/mol. The highest BCUT2D eigenvalue weighted by Gasteiger charge is 2.14. The second-order valence-corrected chi connectivity index (χ2v) is 6.79. The molecule has 1 aliphatic carbocycles. The molecule has 110 valence electrons. The molecule has 3 rings (SSSR count). The minimum Gasteiger partial charge on any atom is -0.360 e. The summed E-state index contributed by atoms with van der Waals surface area (Å²) in [5.74, 6) is 0. The Labute approximate surface area is 138 Å². The van der Waals surface area contributed by atoms with Crippen LogP contribution >= 0.6 is 28.1 Å². The largest absolute Gasteiger partial charge is 0.360 e. The Kier molecular flexibility index (Phi) is 4.70. The fourth-order valence-electron chi connectivity index (χ4n) is 2.83. The van der Waals surface area contributed by atoms with Gasteiger partial charge in [-0.3, -0.25) is 4.98 Å². The van der Waals surface area contributed by atoms with Gasteiger partial charge in [0.1, 0.15) is 0 Å². The Bertz CT molecular complexity index is 653. The van der Waals surface area contributed by atoms with Crippen molar-refractivity contribution in [2.75, 3.05) is 5.32 Å². The fraction of sp³-hybridized carbons (Fsp3) is 0.375. The molecule has 5 heteroatoms. The third kappa shape index (κ3) is 3.71. The number of hydrogen-bond acceptors (Lipinski definition) is 2. The first-order valence-corrected chi connectivity index (χ1v) is 8.54. The molecular formula is C16H18BrN3S. The van der Waals surface area contributed by atoms with E-state index in [1.54, 1.807) is 0 Å². The number of anilines is 1. The Hall–Kier alpha value is -1.20. The number of pyridine rings is 1. The fourth-order valence-corrected chi connectivity index (χ4v) is 3.45. The molecule has 1 aromatic carbocycles. The van der Waals surface area contributed by atoms with E-state index < -0.39 is 0 Å². The SMILES string of the molecule is S=C(Nc1cccc2cc(Br)cnc12)NC1CCCCC1. The average molecular weight is 364 g/mol. The number of halogens is 1. The first-order chi connectivity index (χ1) is 10.2. The third-order valence-electron chi connectivity index (χ3n) is 3.87. The number of nitrogens with one attached hydrogen (secondary N) is 2. The summed E-state index contributed by atoms with van der Waals surface area (Å²) in [5, 5.41) is 8.51. The van der Waals surface area contributed by atoms with Crippen molar-refractivity contribution in [2.45, 2.75) is 38.1 Å². The van der Waals surface area contributed by atoms with Gasteiger partial charge in [0, 0.05) is 22.1 Å². The van der Waals surface area contributed by atoms with Crippen LogP contribution in [0.2, 0.25) is 0 Å². The molecule has 1 fully saturated rings.